The maximum Gasteiger partial charge on any atom is 0.310 e. The van der Waals surface area contributed by atoms with Crippen molar-refractivity contribution in [2.24, 2.45) is 10.9 Å². The van der Waals surface area contributed by atoms with E-state index in [1.807, 2.05) is 44.3 Å². The minimum absolute atomic E-state index is 0. The van der Waals surface area contributed by atoms with Gasteiger partial charge in [-0.1, -0.05) is 30.3 Å². The highest BCUT2D eigenvalue weighted by Crippen LogP contribution is 2.18. The van der Waals surface area contributed by atoms with E-state index in [4.69, 9.17) is 4.74 Å². The minimum Gasteiger partial charge on any atom is -0.466 e. The number of aliphatic imine (C=N–C) groups is 1. The molecule has 29 heavy (non-hydrogen) atoms. The first-order valence-electron chi connectivity index (χ1n) is 9.95. The van der Waals surface area contributed by atoms with E-state index in [0.717, 1.165) is 30.9 Å². The van der Waals surface area contributed by atoms with E-state index in [2.05, 4.69) is 15.2 Å². The first kappa shape index (κ1) is 25.2. The van der Waals surface area contributed by atoms with Gasteiger partial charge in [0.25, 0.3) is 0 Å². The van der Waals surface area contributed by atoms with Gasteiger partial charge in [-0.2, -0.15) is 0 Å². The summed E-state index contributed by atoms with van der Waals surface area (Å²) in [7, 11) is 3.54. The number of hydrogen-bond donors (Lipinski definition) is 1. The molecule has 1 aliphatic heterocycles. The van der Waals surface area contributed by atoms with Crippen LogP contribution >= 0.6 is 24.0 Å². The van der Waals surface area contributed by atoms with E-state index in [1.54, 1.807) is 11.9 Å². The summed E-state index contributed by atoms with van der Waals surface area (Å²) in [6.07, 6.45) is 2.15. The van der Waals surface area contributed by atoms with Gasteiger partial charge in [0.05, 0.1) is 12.5 Å². The Kier molecular flexibility index (Phi) is 11.6. The lowest BCUT2D eigenvalue weighted by molar-refractivity contribution is -0.149. The van der Waals surface area contributed by atoms with Crippen molar-refractivity contribution in [2.75, 3.05) is 40.3 Å². The fraction of sp³-hybridized carbons (Fsp3) is 0.571. The molecule has 1 heterocycles. The van der Waals surface area contributed by atoms with Crippen molar-refractivity contribution in [3.05, 3.63) is 35.9 Å². The zero-order chi connectivity index (χ0) is 20.4. The Hall–Kier alpha value is -1.84. The predicted molar refractivity (Wildman–Crippen MR) is 125 cm³/mol. The molecule has 0 aliphatic carbocycles. The van der Waals surface area contributed by atoms with E-state index in [9.17, 15) is 9.59 Å². The smallest absolute Gasteiger partial charge is 0.310 e. The molecule has 7 nitrogen and oxygen atoms in total. The van der Waals surface area contributed by atoms with Crippen molar-refractivity contribution in [1.29, 1.82) is 0 Å². The molecule has 8 heteroatoms. The molecular formula is C21H33IN4O3. The van der Waals surface area contributed by atoms with Crippen LogP contribution in [0.1, 0.15) is 31.7 Å². The van der Waals surface area contributed by atoms with Crippen molar-refractivity contribution in [3.63, 3.8) is 0 Å². The largest absolute Gasteiger partial charge is 0.466 e. The third kappa shape index (κ3) is 8.20. The first-order chi connectivity index (χ1) is 13.5. The van der Waals surface area contributed by atoms with Crippen LogP contribution in [-0.2, 0) is 20.9 Å². The van der Waals surface area contributed by atoms with Gasteiger partial charge < -0.3 is 19.9 Å². The van der Waals surface area contributed by atoms with Crippen molar-refractivity contribution in [3.8, 4) is 0 Å². The molecule has 1 saturated heterocycles. The third-order valence-electron chi connectivity index (χ3n) is 4.86. The highest BCUT2D eigenvalue weighted by atomic mass is 127. The summed E-state index contributed by atoms with van der Waals surface area (Å²) >= 11 is 0. The summed E-state index contributed by atoms with van der Waals surface area (Å²) in [5.74, 6) is 0.550. The van der Waals surface area contributed by atoms with Gasteiger partial charge >= 0.3 is 5.97 Å². The number of nitrogens with one attached hydrogen (secondary N) is 1. The molecule has 0 aromatic heterocycles. The molecule has 1 amide bonds. The van der Waals surface area contributed by atoms with Gasteiger partial charge in [-0.15, -0.1) is 24.0 Å². The van der Waals surface area contributed by atoms with E-state index in [0.29, 0.717) is 32.7 Å². The minimum atomic E-state index is -0.139. The lowest BCUT2D eigenvalue weighted by Crippen LogP contribution is -2.48. The monoisotopic (exact) mass is 516 g/mol. The van der Waals surface area contributed by atoms with Crippen LogP contribution in [0.3, 0.4) is 0 Å². The van der Waals surface area contributed by atoms with Crippen LogP contribution < -0.4 is 5.32 Å². The van der Waals surface area contributed by atoms with Crippen molar-refractivity contribution < 1.29 is 14.3 Å². The standard InChI is InChI=1S/C21H32N4O3.HI/c1-4-28-20(27)18-11-8-14-25(16-18)21(22-2)23-13-12-19(26)24(3)15-17-9-6-5-7-10-17;/h5-7,9-10,18H,4,8,11-16H2,1-3H3,(H,22,23);1H. The van der Waals surface area contributed by atoms with E-state index < -0.39 is 0 Å². The number of nitrogens with zero attached hydrogens (tertiary/aromatic N) is 3. The van der Waals surface area contributed by atoms with Crippen molar-refractivity contribution in [1.82, 2.24) is 15.1 Å². The van der Waals surface area contributed by atoms with Crippen LogP contribution in [-0.4, -0.2) is 68.0 Å². The molecule has 1 aliphatic rings. The quantitative estimate of drug-likeness (QED) is 0.261. The normalized spacial score (nSPS) is 16.6. The number of hydrogen-bond acceptors (Lipinski definition) is 4. The highest BCUT2D eigenvalue weighted by molar-refractivity contribution is 14.0. The molecule has 0 bridgehead atoms. The molecule has 1 aromatic carbocycles. The maximum absolute atomic E-state index is 12.4. The second-order valence-electron chi connectivity index (χ2n) is 7.00. The predicted octanol–water partition coefficient (Wildman–Crippen LogP) is 2.50. The van der Waals surface area contributed by atoms with E-state index >= 15 is 0 Å². The summed E-state index contributed by atoms with van der Waals surface area (Å²) in [5.41, 5.74) is 1.11. The zero-order valence-electron chi connectivity index (χ0n) is 17.6. The molecule has 1 atom stereocenters. The summed E-state index contributed by atoms with van der Waals surface area (Å²) in [5, 5.41) is 3.26. The molecular weight excluding hydrogens is 483 g/mol. The lowest BCUT2D eigenvalue weighted by atomic mass is 9.98. The Balaban J connectivity index is 0.00000420. The Labute approximate surface area is 190 Å². The molecule has 162 valence electrons. The molecule has 1 unspecified atom stereocenters. The number of rotatable bonds is 7. The number of likely N-dealkylation sites (tertiary alicyclic amines) is 1. The Morgan fingerprint density at radius 3 is 2.69 bits per heavy atom. The summed E-state index contributed by atoms with van der Waals surface area (Å²) in [6.45, 7) is 4.77. The fourth-order valence-electron chi connectivity index (χ4n) is 3.37. The topological polar surface area (TPSA) is 74.2 Å². The van der Waals surface area contributed by atoms with Crippen molar-refractivity contribution >= 4 is 41.8 Å². The van der Waals surface area contributed by atoms with Crippen molar-refractivity contribution in [2.45, 2.75) is 32.7 Å². The fourth-order valence-corrected chi connectivity index (χ4v) is 3.37. The van der Waals surface area contributed by atoms with Crippen LogP contribution in [0.15, 0.2) is 35.3 Å². The SMILES string of the molecule is CCOC(=O)C1CCCN(C(=NC)NCCC(=O)N(C)Cc2ccccc2)C1.I. The zero-order valence-corrected chi connectivity index (χ0v) is 19.9. The number of carbonyl (C=O) groups is 2. The Morgan fingerprint density at radius 2 is 2.03 bits per heavy atom. The van der Waals surface area contributed by atoms with Gasteiger partial charge in [0.2, 0.25) is 5.91 Å². The van der Waals surface area contributed by atoms with Gasteiger partial charge in [-0.3, -0.25) is 14.6 Å². The molecule has 1 N–H and O–H groups in total. The van der Waals surface area contributed by atoms with Crippen LogP contribution in [0.2, 0.25) is 0 Å². The van der Waals surface area contributed by atoms with Gasteiger partial charge in [0.15, 0.2) is 5.96 Å². The molecule has 0 saturated carbocycles. The van der Waals surface area contributed by atoms with Gasteiger partial charge in [0, 0.05) is 46.7 Å². The van der Waals surface area contributed by atoms with E-state index in [1.165, 1.54) is 0 Å². The number of piperidine rings is 1. The number of esters is 1. The second kappa shape index (κ2) is 13.4. The van der Waals surface area contributed by atoms with Crippen LogP contribution in [0, 0.1) is 5.92 Å². The number of amides is 1. The molecule has 0 spiro atoms. The van der Waals surface area contributed by atoms with Crippen LogP contribution in [0.4, 0.5) is 0 Å². The van der Waals surface area contributed by atoms with E-state index in [-0.39, 0.29) is 41.8 Å². The van der Waals surface area contributed by atoms with Gasteiger partial charge in [-0.05, 0) is 25.3 Å². The van der Waals surface area contributed by atoms with Gasteiger partial charge in [-0.25, -0.2) is 0 Å². The number of carbonyl (C=O) groups excluding carboxylic acids is 2. The highest BCUT2D eigenvalue weighted by Gasteiger charge is 2.28. The maximum atomic E-state index is 12.4. The summed E-state index contributed by atoms with van der Waals surface area (Å²) in [4.78, 5) is 32.5. The lowest BCUT2D eigenvalue weighted by Gasteiger charge is -2.34. The number of guanidine groups is 1. The Bertz CT molecular complexity index is 669. The molecule has 1 aromatic rings. The average molecular weight is 516 g/mol. The summed E-state index contributed by atoms with van der Waals surface area (Å²) < 4.78 is 5.15. The number of benzene rings is 1. The number of ether oxygens (including phenoxy) is 1. The second-order valence-corrected chi connectivity index (χ2v) is 7.00. The molecule has 2 rings (SSSR count). The van der Waals surface area contributed by atoms with Crippen LogP contribution in [0.25, 0.3) is 0 Å². The summed E-state index contributed by atoms with van der Waals surface area (Å²) in [6, 6.07) is 9.94. The third-order valence-corrected chi connectivity index (χ3v) is 4.86. The van der Waals surface area contributed by atoms with Crippen LogP contribution in [0.5, 0.6) is 0 Å². The Morgan fingerprint density at radius 1 is 1.31 bits per heavy atom. The molecule has 1 fully saturated rings. The number of halogens is 1. The average Bonchev–Trinajstić information content (AvgIpc) is 2.72. The molecule has 0 radical (unpaired) electrons. The first-order valence-corrected chi connectivity index (χ1v) is 9.95. The van der Waals surface area contributed by atoms with Gasteiger partial charge in [0.1, 0.15) is 0 Å².